The molecule has 0 spiro atoms. The topological polar surface area (TPSA) is 62.5 Å². The first-order valence-electron chi connectivity index (χ1n) is 7.37. The Morgan fingerprint density at radius 3 is 2.95 bits per heavy atom. The number of amides is 1. The van der Waals surface area contributed by atoms with Gasteiger partial charge >= 0.3 is 0 Å². The van der Waals surface area contributed by atoms with Gasteiger partial charge in [0.1, 0.15) is 5.69 Å². The van der Waals surface area contributed by atoms with E-state index in [1.165, 1.54) is 11.3 Å². The molecule has 5 nitrogen and oxygen atoms in total. The predicted molar refractivity (Wildman–Crippen MR) is 82.1 cm³/mol. The van der Waals surface area contributed by atoms with Crippen LogP contribution in [0, 0.1) is 0 Å². The molecule has 0 aliphatic carbocycles. The summed E-state index contributed by atoms with van der Waals surface area (Å²) in [5.74, 6) is 0.0687. The van der Waals surface area contributed by atoms with Crippen molar-refractivity contribution in [2.75, 3.05) is 32.7 Å². The van der Waals surface area contributed by atoms with Crippen molar-refractivity contribution in [2.45, 2.75) is 32.7 Å². The first-order chi connectivity index (χ1) is 9.69. The van der Waals surface area contributed by atoms with Crippen LogP contribution in [0.3, 0.4) is 0 Å². The number of rotatable bonds is 6. The van der Waals surface area contributed by atoms with Crippen LogP contribution in [0.25, 0.3) is 0 Å². The molecule has 2 N–H and O–H groups in total. The maximum absolute atomic E-state index is 12.4. The molecule has 0 bridgehead atoms. The number of nitrogens with zero attached hydrogens (tertiary/aromatic N) is 3. The summed E-state index contributed by atoms with van der Waals surface area (Å²) < 4.78 is 0. The number of likely N-dealkylation sites (N-methyl/N-ethyl adjacent to an activating group) is 1. The molecule has 1 aromatic rings. The van der Waals surface area contributed by atoms with Crippen molar-refractivity contribution in [1.82, 2.24) is 14.8 Å². The number of carbonyl (C=O) groups is 1. The highest BCUT2D eigenvalue weighted by molar-refractivity contribution is 7.09. The zero-order valence-corrected chi connectivity index (χ0v) is 13.2. The SMILES string of the molecule is CCN(CC)C1CCN(C(=O)c2csc(CCN)n2)C1. The Kier molecular flexibility index (Phi) is 5.51. The molecule has 6 heteroatoms. The van der Waals surface area contributed by atoms with Crippen LogP contribution in [-0.4, -0.2) is 59.5 Å². The van der Waals surface area contributed by atoms with E-state index in [1.807, 2.05) is 10.3 Å². The molecule has 1 fully saturated rings. The van der Waals surface area contributed by atoms with E-state index in [4.69, 9.17) is 5.73 Å². The normalized spacial score (nSPS) is 19.0. The van der Waals surface area contributed by atoms with E-state index in [-0.39, 0.29) is 5.91 Å². The van der Waals surface area contributed by atoms with Gasteiger partial charge in [-0.2, -0.15) is 0 Å². The lowest BCUT2D eigenvalue weighted by Gasteiger charge is -2.25. The van der Waals surface area contributed by atoms with E-state index in [2.05, 4.69) is 23.7 Å². The van der Waals surface area contributed by atoms with Crippen LogP contribution >= 0.6 is 11.3 Å². The standard InChI is InChI=1S/C14H24N4OS/c1-3-17(4-2)11-6-8-18(9-11)14(19)12-10-20-13(16-12)5-7-15/h10-11H,3-9,15H2,1-2H3. The van der Waals surface area contributed by atoms with Crippen molar-refractivity contribution in [3.63, 3.8) is 0 Å². The van der Waals surface area contributed by atoms with Gasteiger partial charge in [0.2, 0.25) is 0 Å². The van der Waals surface area contributed by atoms with Gasteiger partial charge in [-0.05, 0) is 26.1 Å². The lowest BCUT2D eigenvalue weighted by atomic mass is 10.2. The summed E-state index contributed by atoms with van der Waals surface area (Å²) in [7, 11) is 0. The molecule has 1 aliphatic heterocycles. The molecule has 1 aliphatic rings. The summed E-state index contributed by atoms with van der Waals surface area (Å²) in [6, 6.07) is 0.496. The smallest absolute Gasteiger partial charge is 0.273 e. The molecule has 1 amide bonds. The molecule has 2 rings (SSSR count). The highest BCUT2D eigenvalue weighted by Crippen LogP contribution is 2.19. The minimum Gasteiger partial charge on any atom is -0.336 e. The fraction of sp³-hybridized carbons (Fsp3) is 0.714. The third kappa shape index (κ3) is 3.37. The largest absolute Gasteiger partial charge is 0.336 e. The highest BCUT2D eigenvalue weighted by Gasteiger charge is 2.30. The molecule has 0 radical (unpaired) electrons. The molecule has 20 heavy (non-hydrogen) atoms. The van der Waals surface area contributed by atoms with E-state index in [9.17, 15) is 4.79 Å². The average Bonchev–Trinajstić information content (AvgIpc) is 3.09. The summed E-state index contributed by atoms with van der Waals surface area (Å²) in [6.07, 6.45) is 1.81. The first-order valence-corrected chi connectivity index (χ1v) is 8.25. The lowest BCUT2D eigenvalue weighted by Crippen LogP contribution is -2.38. The molecule has 1 atom stereocenters. The van der Waals surface area contributed by atoms with Crippen LogP contribution < -0.4 is 5.73 Å². The molecule has 2 heterocycles. The lowest BCUT2D eigenvalue weighted by molar-refractivity contribution is 0.0773. The summed E-state index contributed by atoms with van der Waals surface area (Å²) in [6.45, 7) is 8.67. The third-order valence-corrected chi connectivity index (χ3v) is 4.82. The number of carbonyl (C=O) groups excluding carboxylic acids is 1. The van der Waals surface area contributed by atoms with E-state index < -0.39 is 0 Å². The van der Waals surface area contributed by atoms with Gasteiger partial charge in [0.05, 0.1) is 5.01 Å². The minimum atomic E-state index is 0.0687. The Morgan fingerprint density at radius 2 is 2.30 bits per heavy atom. The van der Waals surface area contributed by atoms with Crippen LogP contribution in [0.15, 0.2) is 5.38 Å². The highest BCUT2D eigenvalue weighted by atomic mass is 32.1. The monoisotopic (exact) mass is 296 g/mol. The van der Waals surface area contributed by atoms with Crippen molar-refractivity contribution >= 4 is 17.2 Å². The third-order valence-electron chi connectivity index (χ3n) is 3.91. The molecule has 0 saturated carbocycles. The van der Waals surface area contributed by atoms with Gasteiger partial charge in [-0.25, -0.2) is 4.98 Å². The van der Waals surface area contributed by atoms with Gasteiger partial charge in [0.25, 0.3) is 5.91 Å². The molecule has 0 aromatic carbocycles. The summed E-state index contributed by atoms with van der Waals surface area (Å²) >= 11 is 1.53. The molecule has 1 unspecified atom stereocenters. The summed E-state index contributed by atoms with van der Waals surface area (Å²) in [4.78, 5) is 21.2. The van der Waals surface area contributed by atoms with Crippen LogP contribution in [-0.2, 0) is 6.42 Å². The maximum Gasteiger partial charge on any atom is 0.273 e. The number of likely N-dealkylation sites (tertiary alicyclic amines) is 1. The zero-order chi connectivity index (χ0) is 14.5. The second kappa shape index (κ2) is 7.15. The number of hydrogen-bond acceptors (Lipinski definition) is 5. The van der Waals surface area contributed by atoms with E-state index in [1.54, 1.807) is 0 Å². The summed E-state index contributed by atoms with van der Waals surface area (Å²) in [5.41, 5.74) is 6.10. The Balaban J connectivity index is 1.96. The fourth-order valence-corrected chi connectivity index (χ4v) is 3.56. The maximum atomic E-state index is 12.4. The van der Waals surface area contributed by atoms with Gasteiger partial charge in [-0.15, -0.1) is 11.3 Å². The van der Waals surface area contributed by atoms with Crippen molar-refractivity contribution in [3.05, 3.63) is 16.1 Å². The van der Waals surface area contributed by atoms with E-state index in [0.29, 0.717) is 18.3 Å². The quantitative estimate of drug-likeness (QED) is 0.857. The summed E-state index contributed by atoms with van der Waals surface area (Å²) in [5, 5.41) is 2.81. The number of thiazole rings is 1. The van der Waals surface area contributed by atoms with E-state index >= 15 is 0 Å². The first kappa shape index (κ1) is 15.4. The predicted octanol–water partition coefficient (Wildman–Crippen LogP) is 1.20. The Morgan fingerprint density at radius 1 is 1.55 bits per heavy atom. The Bertz CT molecular complexity index is 444. The van der Waals surface area contributed by atoms with Crippen molar-refractivity contribution in [2.24, 2.45) is 5.73 Å². The van der Waals surface area contributed by atoms with Gasteiger partial charge in [-0.1, -0.05) is 13.8 Å². The molecule has 1 aromatic heterocycles. The van der Waals surface area contributed by atoms with Gasteiger partial charge in [-0.3, -0.25) is 9.69 Å². The molecular weight excluding hydrogens is 272 g/mol. The number of nitrogens with two attached hydrogens (primary N) is 1. The van der Waals surface area contributed by atoms with Crippen LogP contribution in [0.5, 0.6) is 0 Å². The van der Waals surface area contributed by atoms with Crippen LogP contribution in [0.4, 0.5) is 0 Å². The number of hydrogen-bond donors (Lipinski definition) is 1. The fourth-order valence-electron chi connectivity index (χ4n) is 2.77. The second-order valence-electron chi connectivity index (χ2n) is 5.08. The molecule has 112 valence electrons. The second-order valence-corrected chi connectivity index (χ2v) is 6.02. The van der Waals surface area contributed by atoms with Gasteiger partial charge in [0.15, 0.2) is 0 Å². The average molecular weight is 296 g/mol. The zero-order valence-electron chi connectivity index (χ0n) is 12.3. The van der Waals surface area contributed by atoms with Gasteiger partial charge in [0, 0.05) is 30.9 Å². The van der Waals surface area contributed by atoms with E-state index in [0.717, 1.165) is 44.0 Å². The number of aromatic nitrogens is 1. The Labute approximate surface area is 124 Å². The van der Waals surface area contributed by atoms with Crippen molar-refractivity contribution in [3.8, 4) is 0 Å². The minimum absolute atomic E-state index is 0.0687. The molecular formula is C14H24N4OS. The van der Waals surface area contributed by atoms with Gasteiger partial charge < -0.3 is 10.6 Å². The Hall–Kier alpha value is -0.980. The van der Waals surface area contributed by atoms with Crippen molar-refractivity contribution < 1.29 is 4.79 Å². The van der Waals surface area contributed by atoms with Crippen LogP contribution in [0.1, 0.15) is 35.8 Å². The van der Waals surface area contributed by atoms with Crippen LogP contribution in [0.2, 0.25) is 0 Å². The molecule has 1 saturated heterocycles. The van der Waals surface area contributed by atoms with Crippen molar-refractivity contribution in [1.29, 1.82) is 0 Å².